The summed E-state index contributed by atoms with van der Waals surface area (Å²) in [6, 6.07) is 14.0. The Hall–Kier alpha value is -2.86. The minimum atomic E-state index is 0.720. The monoisotopic (exact) mass is 321 g/mol. The molecule has 0 unspecified atom stereocenters. The second-order valence-electron chi connectivity index (χ2n) is 5.74. The van der Waals surface area contributed by atoms with Crippen LogP contribution in [0.2, 0.25) is 0 Å². The van der Waals surface area contributed by atoms with Crippen LogP contribution < -0.4 is 16.0 Å². The van der Waals surface area contributed by atoms with Crippen molar-refractivity contribution in [1.29, 1.82) is 0 Å². The molecule has 4 rings (SSSR count). The van der Waals surface area contributed by atoms with Crippen molar-refractivity contribution < 1.29 is 4.74 Å². The number of fused-ring (bicyclic) bond motifs is 1. The highest BCUT2D eigenvalue weighted by Gasteiger charge is 2.16. The van der Waals surface area contributed by atoms with Crippen molar-refractivity contribution in [2.45, 2.75) is 0 Å². The summed E-state index contributed by atoms with van der Waals surface area (Å²) < 4.78 is 5.43. The summed E-state index contributed by atoms with van der Waals surface area (Å²) in [5.41, 5.74) is 9.82. The maximum atomic E-state index is 6.26. The Morgan fingerprint density at radius 3 is 2.62 bits per heavy atom. The third-order valence-electron chi connectivity index (χ3n) is 4.17. The van der Waals surface area contributed by atoms with E-state index in [1.807, 2.05) is 36.4 Å². The summed E-state index contributed by atoms with van der Waals surface area (Å²) in [6.45, 7) is 3.12. The van der Waals surface area contributed by atoms with Gasteiger partial charge in [0, 0.05) is 24.2 Å². The van der Waals surface area contributed by atoms with Crippen molar-refractivity contribution in [2.75, 3.05) is 42.3 Å². The minimum Gasteiger partial charge on any atom is -0.397 e. The molecule has 1 aromatic heterocycles. The third-order valence-corrected chi connectivity index (χ3v) is 4.17. The quantitative estimate of drug-likeness (QED) is 0.723. The van der Waals surface area contributed by atoms with Crippen LogP contribution in [0.1, 0.15) is 0 Å². The molecule has 0 bridgehead atoms. The van der Waals surface area contributed by atoms with Gasteiger partial charge in [-0.05, 0) is 24.3 Å². The lowest BCUT2D eigenvalue weighted by Gasteiger charge is -2.30. The normalized spacial score (nSPS) is 14.8. The number of nitrogen functional groups attached to an aromatic ring is 1. The predicted molar refractivity (Wildman–Crippen MR) is 96.7 cm³/mol. The molecule has 0 aliphatic carbocycles. The number of nitrogens with zero attached hydrogens (tertiary/aromatic N) is 3. The van der Waals surface area contributed by atoms with Crippen LogP contribution in [-0.4, -0.2) is 36.3 Å². The van der Waals surface area contributed by atoms with Crippen LogP contribution in [0.3, 0.4) is 0 Å². The summed E-state index contributed by atoms with van der Waals surface area (Å²) in [4.78, 5) is 11.0. The first kappa shape index (κ1) is 14.7. The molecule has 122 valence electrons. The Balaban J connectivity index is 1.77. The van der Waals surface area contributed by atoms with Gasteiger partial charge in [0.05, 0.1) is 30.1 Å². The number of aromatic nitrogens is 2. The minimum absolute atomic E-state index is 0.720. The van der Waals surface area contributed by atoms with E-state index < -0.39 is 0 Å². The van der Waals surface area contributed by atoms with Gasteiger partial charge in [-0.25, -0.2) is 9.97 Å². The lowest BCUT2D eigenvalue weighted by atomic mass is 10.1. The van der Waals surface area contributed by atoms with E-state index >= 15 is 0 Å². The highest BCUT2D eigenvalue weighted by Crippen LogP contribution is 2.32. The Morgan fingerprint density at radius 1 is 1.04 bits per heavy atom. The summed E-state index contributed by atoms with van der Waals surface area (Å²) in [5, 5.41) is 4.32. The zero-order valence-corrected chi connectivity index (χ0v) is 13.3. The number of benzene rings is 2. The largest absolute Gasteiger partial charge is 0.397 e. The van der Waals surface area contributed by atoms with E-state index in [-0.39, 0.29) is 0 Å². The fraction of sp³-hybridized carbons (Fsp3) is 0.222. The van der Waals surface area contributed by atoms with Crippen LogP contribution in [0, 0.1) is 0 Å². The summed E-state index contributed by atoms with van der Waals surface area (Å²) in [7, 11) is 0. The van der Waals surface area contributed by atoms with Gasteiger partial charge < -0.3 is 20.7 Å². The summed E-state index contributed by atoms with van der Waals surface area (Å²) in [5.74, 6) is 0.778. The molecule has 1 aliphatic rings. The standard InChI is InChI=1S/C18H19N5O/c19-15-11-16-14(10-17(15)23-6-8-24-9-7-23)18(21-12-20-16)22-13-4-2-1-3-5-13/h1-5,10-12H,6-9,19H2,(H,20,21,22). The first-order chi connectivity index (χ1) is 11.8. The number of hydrogen-bond acceptors (Lipinski definition) is 6. The van der Waals surface area contributed by atoms with E-state index in [9.17, 15) is 0 Å². The van der Waals surface area contributed by atoms with Crippen LogP contribution in [0.25, 0.3) is 10.9 Å². The number of anilines is 4. The molecule has 0 atom stereocenters. The molecule has 2 aromatic carbocycles. The second kappa shape index (κ2) is 6.33. The molecular formula is C18H19N5O. The van der Waals surface area contributed by atoms with Crippen molar-refractivity contribution in [3.63, 3.8) is 0 Å². The number of ether oxygens (including phenoxy) is 1. The van der Waals surface area contributed by atoms with Gasteiger partial charge in [0.15, 0.2) is 0 Å². The van der Waals surface area contributed by atoms with Gasteiger partial charge in [-0.2, -0.15) is 0 Å². The van der Waals surface area contributed by atoms with Crippen LogP contribution in [0.15, 0.2) is 48.8 Å². The zero-order valence-electron chi connectivity index (χ0n) is 13.3. The zero-order chi connectivity index (χ0) is 16.4. The fourth-order valence-corrected chi connectivity index (χ4v) is 2.94. The molecule has 2 heterocycles. The summed E-state index contributed by atoms with van der Waals surface area (Å²) >= 11 is 0. The maximum Gasteiger partial charge on any atom is 0.141 e. The summed E-state index contributed by atoms with van der Waals surface area (Å²) in [6.07, 6.45) is 1.56. The fourth-order valence-electron chi connectivity index (χ4n) is 2.94. The van der Waals surface area contributed by atoms with E-state index in [2.05, 4.69) is 26.3 Å². The molecule has 1 aliphatic heterocycles. The van der Waals surface area contributed by atoms with Gasteiger partial charge in [-0.15, -0.1) is 0 Å². The van der Waals surface area contributed by atoms with E-state index in [1.165, 1.54) is 0 Å². The Bertz CT molecular complexity index is 847. The van der Waals surface area contributed by atoms with Crippen molar-refractivity contribution in [2.24, 2.45) is 0 Å². The van der Waals surface area contributed by atoms with Crippen molar-refractivity contribution in [3.8, 4) is 0 Å². The van der Waals surface area contributed by atoms with Crippen LogP contribution in [0.5, 0.6) is 0 Å². The molecule has 6 nitrogen and oxygen atoms in total. The number of hydrogen-bond donors (Lipinski definition) is 2. The predicted octanol–water partition coefficient (Wildman–Crippen LogP) is 2.79. The van der Waals surface area contributed by atoms with Gasteiger partial charge in [-0.3, -0.25) is 0 Å². The molecular weight excluding hydrogens is 302 g/mol. The number of para-hydroxylation sites is 1. The van der Waals surface area contributed by atoms with Crippen molar-refractivity contribution >= 4 is 33.8 Å². The highest BCUT2D eigenvalue weighted by atomic mass is 16.5. The molecule has 0 radical (unpaired) electrons. The first-order valence-corrected chi connectivity index (χ1v) is 8.00. The number of morpholine rings is 1. The molecule has 0 saturated carbocycles. The van der Waals surface area contributed by atoms with Gasteiger partial charge >= 0.3 is 0 Å². The SMILES string of the molecule is Nc1cc2ncnc(Nc3ccccc3)c2cc1N1CCOCC1. The van der Waals surface area contributed by atoms with Gasteiger partial charge in [-0.1, -0.05) is 18.2 Å². The highest BCUT2D eigenvalue weighted by molar-refractivity contribution is 5.96. The van der Waals surface area contributed by atoms with E-state index in [0.717, 1.165) is 60.1 Å². The Labute approximate surface area is 140 Å². The molecule has 0 amide bonds. The maximum absolute atomic E-state index is 6.26. The lowest BCUT2D eigenvalue weighted by Crippen LogP contribution is -2.36. The third kappa shape index (κ3) is 2.83. The molecule has 1 saturated heterocycles. The van der Waals surface area contributed by atoms with Gasteiger partial charge in [0.1, 0.15) is 12.1 Å². The first-order valence-electron chi connectivity index (χ1n) is 8.00. The molecule has 0 spiro atoms. The van der Waals surface area contributed by atoms with E-state index in [4.69, 9.17) is 10.5 Å². The molecule has 1 fully saturated rings. The molecule has 3 aromatic rings. The molecule has 6 heteroatoms. The van der Waals surface area contributed by atoms with Crippen LogP contribution in [-0.2, 0) is 4.74 Å². The van der Waals surface area contributed by atoms with Crippen molar-refractivity contribution in [3.05, 3.63) is 48.8 Å². The molecule has 3 N–H and O–H groups in total. The number of nitrogens with one attached hydrogen (secondary N) is 1. The smallest absolute Gasteiger partial charge is 0.141 e. The van der Waals surface area contributed by atoms with Crippen LogP contribution >= 0.6 is 0 Å². The van der Waals surface area contributed by atoms with Gasteiger partial charge in [0.25, 0.3) is 0 Å². The van der Waals surface area contributed by atoms with E-state index in [1.54, 1.807) is 6.33 Å². The Morgan fingerprint density at radius 2 is 1.83 bits per heavy atom. The topological polar surface area (TPSA) is 76.3 Å². The van der Waals surface area contributed by atoms with Crippen molar-refractivity contribution in [1.82, 2.24) is 9.97 Å². The van der Waals surface area contributed by atoms with Crippen LogP contribution in [0.4, 0.5) is 22.9 Å². The Kier molecular flexibility index (Phi) is 3.88. The lowest BCUT2D eigenvalue weighted by molar-refractivity contribution is 0.123. The molecule has 24 heavy (non-hydrogen) atoms. The second-order valence-corrected chi connectivity index (χ2v) is 5.74. The van der Waals surface area contributed by atoms with E-state index in [0.29, 0.717) is 0 Å². The average molecular weight is 321 g/mol. The van der Waals surface area contributed by atoms with Gasteiger partial charge in [0.2, 0.25) is 0 Å². The number of nitrogens with two attached hydrogens (primary N) is 1. The number of rotatable bonds is 3. The average Bonchev–Trinajstić information content (AvgIpc) is 2.63.